The molecule has 10 nitrogen and oxygen atoms in total. The first-order chi connectivity index (χ1) is 22.5. The third kappa shape index (κ3) is 10.8. The minimum atomic E-state index is -3.89. The second kappa shape index (κ2) is 18.4. The summed E-state index contributed by atoms with van der Waals surface area (Å²) in [7, 11) is -2.63. The molecular formula is C36H50N4O6S. The predicted octanol–water partition coefficient (Wildman–Crippen LogP) is 5.29. The number of alkyl carbamates (subject to hydrolysis) is 1. The van der Waals surface area contributed by atoms with Gasteiger partial charge < -0.3 is 26.2 Å². The molecule has 3 aromatic carbocycles. The third-order valence-electron chi connectivity index (χ3n) is 8.35. The van der Waals surface area contributed by atoms with Gasteiger partial charge in [0.15, 0.2) is 0 Å². The Bertz CT molecular complexity index is 1450. The molecule has 0 radical (unpaired) electrons. The van der Waals surface area contributed by atoms with E-state index < -0.39 is 34.1 Å². The lowest BCUT2D eigenvalue weighted by Crippen LogP contribution is -2.52. The van der Waals surface area contributed by atoms with Gasteiger partial charge in [-0.2, -0.15) is 4.31 Å². The number of aliphatic hydroxyl groups excluding tert-OH is 1. The van der Waals surface area contributed by atoms with Crippen LogP contribution in [0.3, 0.4) is 0 Å². The van der Waals surface area contributed by atoms with E-state index in [2.05, 4.69) is 10.6 Å². The molecule has 0 saturated heterocycles. The van der Waals surface area contributed by atoms with Crippen molar-refractivity contribution in [3.8, 4) is 0 Å². The van der Waals surface area contributed by atoms with Crippen LogP contribution >= 0.6 is 0 Å². The van der Waals surface area contributed by atoms with Crippen molar-refractivity contribution in [2.75, 3.05) is 26.0 Å². The van der Waals surface area contributed by atoms with Crippen LogP contribution in [0.2, 0.25) is 0 Å². The number of nitrogens with two attached hydrogens (primary N) is 1. The molecule has 256 valence electrons. The number of anilines is 1. The third-order valence-corrected chi connectivity index (χ3v) is 10.3. The van der Waals surface area contributed by atoms with Crippen molar-refractivity contribution >= 4 is 27.7 Å². The maximum Gasteiger partial charge on any atom is 0.407 e. The minimum absolute atomic E-state index is 0.128. The SMILES string of the molecule is CCC(CCCC(CO)N(CCC(C)C)S(=O)(=O)c1ccc(N)cc1)NC(=O)C(NC(=O)OC)C(c1ccccc1)c1ccccc1. The predicted molar refractivity (Wildman–Crippen MR) is 185 cm³/mol. The zero-order valence-electron chi connectivity index (χ0n) is 27.8. The lowest BCUT2D eigenvalue weighted by molar-refractivity contribution is -0.124. The Hall–Kier alpha value is -3.93. The standard InChI is InChI=1S/C36H50N4O6S/c1-5-30(17-12-18-31(25-41)40(24-23-26(2)3)47(44,45)32-21-19-29(37)20-22-32)38-35(42)34(39-36(43)46-4)33(27-13-8-6-9-14-27)28-15-10-7-11-16-28/h6-11,13-16,19-22,26,30-31,33-34,41H,5,12,17-18,23-25,37H2,1-4H3,(H,38,42)(H,39,43). The van der Waals surface area contributed by atoms with Crippen molar-refractivity contribution in [3.05, 3.63) is 96.1 Å². The van der Waals surface area contributed by atoms with Crippen molar-refractivity contribution in [1.82, 2.24) is 14.9 Å². The molecule has 0 fully saturated rings. The van der Waals surface area contributed by atoms with Crippen molar-refractivity contribution in [2.45, 2.75) is 81.8 Å². The summed E-state index contributed by atoms with van der Waals surface area (Å²) < 4.78 is 33.7. The number of benzene rings is 3. The Balaban J connectivity index is 1.79. The van der Waals surface area contributed by atoms with Crippen LogP contribution in [0.4, 0.5) is 10.5 Å². The van der Waals surface area contributed by atoms with Gasteiger partial charge in [-0.3, -0.25) is 4.79 Å². The summed E-state index contributed by atoms with van der Waals surface area (Å²) in [6, 6.07) is 23.3. The summed E-state index contributed by atoms with van der Waals surface area (Å²) >= 11 is 0. The Labute approximate surface area is 279 Å². The van der Waals surface area contributed by atoms with E-state index in [-0.39, 0.29) is 35.9 Å². The van der Waals surface area contributed by atoms with Gasteiger partial charge in [-0.25, -0.2) is 13.2 Å². The number of nitrogens with one attached hydrogen (secondary N) is 2. The normalized spacial score (nSPS) is 13.7. The maximum atomic E-state index is 14.0. The number of rotatable bonds is 18. The first kappa shape index (κ1) is 37.5. The molecule has 3 rings (SSSR count). The van der Waals surface area contributed by atoms with Crippen LogP contribution in [0, 0.1) is 5.92 Å². The van der Waals surface area contributed by atoms with Crippen molar-refractivity contribution in [1.29, 1.82) is 0 Å². The molecule has 0 aliphatic carbocycles. The van der Waals surface area contributed by atoms with Gasteiger partial charge in [0.2, 0.25) is 15.9 Å². The van der Waals surface area contributed by atoms with Crippen molar-refractivity contribution in [3.63, 3.8) is 0 Å². The van der Waals surface area contributed by atoms with E-state index in [9.17, 15) is 23.1 Å². The van der Waals surface area contributed by atoms with Crippen LogP contribution in [-0.2, 0) is 19.6 Å². The molecule has 0 heterocycles. The van der Waals surface area contributed by atoms with Gasteiger partial charge in [0.1, 0.15) is 6.04 Å². The van der Waals surface area contributed by atoms with Gasteiger partial charge in [0.25, 0.3) is 0 Å². The lowest BCUT2D eigenvalue weighted by atomic mass is 9.84. The molecule has 0 saturated carbocycles. The van der Waals surface area contributed by atoms with E-state index in [1.165, 1.54) is 23.5 Å². The lowest BCUT2D eigenvalue weighted by Gasteiger charge is -2.31. The average Bonchev–Trinajstić information content (AvgIpc) is 3.07. The number of aliphatic hydroxyl groups is 1. The summed E-state index contributed by atoms with van der Waals surface area (Å²) in [5, 5.41) is 16.3. The number of carbonyl (C=O) groups is 2. The van der Waals surface area contributed by atoms with Gasteiger partial charge in [0.05, 0.1) is 18.6 Å². The van der Waals surface area contributed by atoms with E-state index in [0.29, 0.717) is 37.8 Å². The number of nitrogen functional groups attached to an aromatic ring is 1. The topological polar surface area (TPSA) is 151 Å². The highest BCUT2D eigenvalue weighted by molar-refractivity contribution is 7.89. The van der Waals surface area contributed by atoms with E-state index >= 15 is 0 Å². The molecule has 2 amide bonds. The number of sulfonamides is 1. The van der Waals surface area contributed by atoms with Crippen LogP contribution in [0.15, 0.2) is 89.8 Å². The Morgan fingerprint density at radius 1 is 0.872 bits per heavy atom. The smallest absolute Gasteiger partial charge is 0.407 e. The second-order valence-corrected chi connectivity index (χ2v) is 14.1. The Kier molecular flexibility index (Phi) is 14.7. The summed E-state index contributed by atoms with van der Waals surface area (Å²) in [6.45, 7) is 5.95. The van der Waals surface area contributed by atoms with Gasteiger partial charge >= 0.3 is 6.09 Å². The maximum absolute atomic E-state index is 14.0. The molecule has 0 spiro atoms. The van der Waals surface area contributed by atoms with Crippen LogP contribution in [0.25, 0.3) is 0 Å². The molecule has 5 N–H and O–H groups in total. The first-order valence-electron chi connectivity index (χ1n) is 16.2. The molecule has 11 heteroatoms. The number of methoxy groups -OCH3 is 1. The van der Waals surface area contributed by atoms with Gasteiger partial charge in [-0.15, -0.1) is 0 Å². The summed E-state index contributed by atoms with van der Waals surface area (Å²) in [5.41, 5.74) is 7.97. The average molecular weight is 667 g/mol. The number of hydrogen-bond acceptors (Lipinski definition) is 7. The van der Waals surface area contributed by atoms with Crippen molar-refractivity contribution < 1.29 is 27.9 Å². The molecule has 0 aliphatic heterocycles. The van der Waals surface area contributed by atoms with Crippen LogP contribution in [0.1, 0.15) is 69.9 Å². The molecule has 0 aromatic heterocycles. The number of nitrogens with zero attached hydrogens (tertiary/aromatic N) is 1. The van der Waals surface area contributed by atoms with E-state index in [0.717, 1.165) is 11.1 Å². The van der Waals surface area contributed by atoms with Gasteiger partial charge in [0, 0.05) is 30.2 Å². The van der Waals surface area contributed by atoms with Crippen LogP contribution in [0.5, 0.6) is 0 Å². The fraction of sp³-hybridized carbons (Fsp3) is 0.444. The molecule has 3 unspecified atom stereocenters. The largest absolute Gasteiger partial charge is 0.453 e. The first-order valence-corrected chi connectivity index (χ1v) is 17.7. The van der Waals surface area contributed by atoms with E-state index in [1.54, 1.807) is 12.1 Å². The molecular weight excluding hydrogens is 616 g/mol. The van der Waals surface area contributed by atoms with E-state index in [1.807, 2.05) is 81.4 Å². The molecule has 0 bridgehead atoms. The van der Waals surface area contributed by atoms with Crippen LogP contribution < -0.4 is 16.4 Å². The monoisotopic (exact) mass is 666 g/mol. The Morgan fingerprint density at radius 2 is 1.45 bits per heavy atom. The second-order valence-electron chi connectivity index (χ2n) is 12.2. The summed E-state index contributed by atoms with van der Waals surface area (Å²) in [4.78, 5) is 26.6. The number of ether oxygens (including phenoxy) is 1. The number of amides is 2. The van der Waals surface area contributed by atoms with E-state index in [4.69, 9.17) is 10.5 Å². The Morgan fingerprint density at radius 3 is 1.94 bits per heavy atom. The highest BCUT2D eigenvalue weighted by atomic mass is 32.2. The molecule has 0 aliphatic rings. The summed E-state index contributed by atoms with van der Waals surface area (Å²) in [5.74, 6) is -0.579. The highest BCUT2D eigenvalue weighted by Gasteiger charge is 2.34. The van der Waals surface area contributed by atoms with Gasteiger partial charge in [-0.1, -0.05) is 81.4 Å². The number of hydrogen-bond donors (Lipinski definition) is 4. The zero-order chi connectivity index (χ0) is 34.4. The fourth-order valence-corrected chi connectivity index (χ4v) is 7.30. The molecule has 3 atom stereocenters. The number of carbonyl (C=O) groups excluding carboxylic acids is 2. The fourth-order valence-electron chi connectivity index (χ4n) is 5.64. The van der Waals surface area contributed by atoms with Crippen LogP contribution in [-0.4, -0.2) is 68.2 Å². The highest BCUT2D eigenvalue weighted by Crippen LogP contribution is 2.29. The molecule has 47 heavy (non-hydrogen) atoms. The quantitative estimate of drug-likeness (QED) is 0.135. The van der Waals surface area contributed by atoms with Gasteiger partial charge in [-0.05, 0) is 73.4 Å². The van der Waals surface area contributed by atoms with Crippen molar-refractivity contribution in [2.24, 2.45) is 5.92 Å². The zero-order valence-corrected chi connectivity index (χ0v) is 28.7. The minimum Gasteiger partial charge on any atom is -0.453 e. The summed E-state index contributed by atoms with van der Waals surface area (Å²) in [6.07, 6.45) is 2.03. The molecule has 3 aromatic rings.